The number of hydrogen-bond acceptors (Lipinski definition) is 5. The van der Waals surface area contributed by atoms with Crippen LogP contribution in [0.25, 0.3) is 0 Å². The Morgan fingerprint density at radius 1 is 1.26 bits per heavy atom. The van der Waals surface area contributed by atoms with Crippen LogP contribution in [-0.2, 0) is 25.7 Å². The van der Waals surface area contributed by atoms with E-state index in [0.29, 0.717) is 0 Å². The molecule has 0 aliphatic heterocycles. The molecule has 0 spiro atoms. The fourth-order valence-electron chi connectivity index (χ4n) is 1.53. The van der Waals surface area contributed by atoms with E-state index in [-0.39, 0.29) is 6.61 Å². The lowest BCUT2D eigenvalue weighted by Crippen LogP contribution is -2.44. The molecule has 126 valence electrons. The SMILES string of the molecule is [2H]C(CC(=O)OCc1ccccc1)(NC(=O)OC(C)(C)C)C(=O)O. The van der Waals surface area contributed by atoms with Gasteiger partial charge >= 0.3 is 18.0 Å². The molecule has 0 aromatic heterocycles. The van der Waals surface area contributed by atoms with Crippen LogP contribution in [0.5, 0.6) is 0 Å². The maximum Gasteiger partial charge on any atom is 0.408 e. The van der Waals surface area contributed by atoms with Crippen molar-refractivity contribution in [1.29, 1.82) is 0 Å². The van der Waals surface area contributed by atoms with E-state index in [0.717, 1.165) is 5.56 Å². The van der Waals surface area contributed by atoms with Crippen LogP contribution < -0.4 is 5.32 Å². The molecule has 7 heteroatoms. The van der Waals surface area contributed by atoms with E-state index in [1.54, 1.807) is 51.1 Å². The summed E-state index contributed by atoms with van der Waals surface area (Å²) in [6, 6.07) is 6.22. The van der Waals surface area contributed by atoms with Crippen molar-refractivity contribution in [3.05, 3.63) is 35.9 Å². The van der Waals surface area contributed by atoms with Gasteiger partial charge in [0.05, 0.1) is 7.79 Å². The predicted octanol–water partition coefficient (Wildman–Crippen LogP) is 2.10. The van der Waals surface area contributed by atoms with Crippen molar-refractivity contribution in [2.45, 2.75) is 45.4 Å². The largest absolute Gasteiger partial charge is 0.480 e. The number of aliphatic carboxylic acids is 1. The highest BCUT2D eigenvalue weighted by molar-refractivity contribution is 5.85. The normalized spacial score (nSPS) is 14.1. The Balaban J connectivity index is 2.65. The molecule has 0 aliphatic rings. The van der Waals surface area contributed by atoms with E-state index in [2.05, 4.69) is 0 Å². The van der Waals surface area contributed by atoms with Gasteiger partial charge in [-0.1, -0.05) is 30.3 Å². The summed E-state index contributed by atoms with van der Waals surface area (Å²) in [5.74, 6) is -2.61. The number of carboxylic acids is 1. The molecule has 0 saturated carbocycles. The monoisotopic (exact) mass is 324 g/mol. The van der Waals surface area contributed by atoms with Gasteiger partial charge in [-0.25, -0.2) is 9.59 Å². The molecule has 0 aliphatic carbocycles. The first-order valence-corrected chi connectivity index (χ1v) is 6.96. The highest BCUT2D eigenvalue weighted by Crippen LogP contribution is 2.08. The predicted molar refractivity (Wildman–Crippen MR) is 81.6 cm³/mol. The first-order chi connectivity index (χ1) is 11.0. The van der Waals surface area contributed by atoms with E-state index in [1.165, 1.54) is 0 Å². The van der Waals surface area contributed by atoms with Crippen molar-refractivity contribution in [3.8, 4) is 0 Å². The number of hydrogen-bond donors (Lipinski definition) is 2. The highest BCUT2D eigenvalue weighted by Gasteiger charge is 2.26. The van der Waals surface area contributed by atoms with Gasteiger partial charge in [0.1, 0.15) is 18.2 Å². The summed E-state index contributed by atoms with van der Waals surface area (Å²) in [5, 5.41) is 11.0. The minimum Gasteiger partial charge on any atom is -0.480 e. The summed E-state index contributed by atoms with van der Waals surface area (Å²) in [7, 11) is 0. The number of carbonyl (C=O) groups excluding carboxylic acids is 2. The molecule has 1 rings (SSSR count). The molecule has 1 aromatic rings. The Bertz CT molecular complexity index is 598. The smallest absolute Gasteiger partial charge is 0.408 e. The number of rotatable bonds is 6. The number of carbonyl (C=O) groups is 3. The highest BCUT2D eigenvalue weighted by atomic mass is 16.6. The van der Waals surface area contributed by atoms with Crippen LogP contribution in [-0.4, -0.2) is 34.8 Å². The van der Waals surface area contributed by atoms with E-state index >= 15 is 0 Å². The Labute approximate surface area is 136 Å². The van der Waals surface area contributed by atoms with Gasteiger partial charge in [0.15, 0.2) is 0 Å². The van der Waals surface area contributed by atoms with Gasteiger partial charge in [0.2, 0.25) is 0 Å². The number of alkyl carbamates (subject to hydrolysis) is 1. The second-order valence-corrected chi connectivity index (χ2v) is 5.73. The van der Waals surface area contributed by atoms with Crippen LogP contribution in [0.3, 0.4) is 0 Å². The van der Waals surface area contributed by atoms with Crippen LogP contribution in [0.15, 0.2) is 30.3 Å². The zero-order valence-corrected chi connectivity index (χ0v) is 13.3. The molecule has 2 N–H and O–H groups in total. The van der Waals surface area contributed by atoms with Crippen LogP contribution in [0.1, 0.15) is 34.1 Å². The molecule has 1 aromatic carbocycles. The minimum absolute atomic E-state index is 0.0538. The van der Waals surface area contributed by atoms with Gasteiger partial charge in [0, 0.05) is 0 Å². The van der Waals surface area contributed by atoms with E-state index < -0.39 is 36.1 Å². The maximum atomic E-state index is 11.8. The van der Waals surface area contributed by atoms with Gasteiger partial charge in [-0.05, 0) is 26.3 Å². The Morgan fingerprint density at radius 3 is 2.39 bits per heavy atom. The molecule has 1 amide bonds. The lowest BCUT2D eigenvalue weighted by atomic mass is 10.2. The average molecular weight is 324 g/mol. The third kappa shape index (κ3) is 7.85. The second-order valence-electron chi connectivity index (χ2n) is 5.73. The van der Waals surface area contributed by atoms with Crippen LogP contribution in [0.2, 0.25) is 0 Å². The molecule has 7 nitrogen and oxygen atoms in total. The van der Waals surface area contributed by atoms with Gasteiger partial charge in [-0.15, -0.1) is 0 Å². The Kier molecular flexibility index (Phi) is 5.96. The van der Waals surface area contributed by atoms with Gasteiger partial charge in [-0.3, -0.25) is 4.79 Å². The van der Waals surface area contributed by atoms with Crippen molar-refractivity contribution in [2.24, 2.45) is 0 Å². The zero-order chi connectivity index (χ0) is 18.4. The molecule has 1 atom stereocenters. The van der Waals surface area contributed by atoms with Crippen LogP contribution >= 0.6 is 0 Å². The average Bonchev–Trinajstić information content (AvgIpc) is 2.43. The summed E-state index contributed by atoms with van der Waals surface area (Å²) in [5.41, 5.74) is -0.144. The molecule has 0 radical (unpaired) electrons. The zero-order valence-electron chi connectivity index (χ0n) is 14.3. The summed E-state index contributed by atoms with van der Waals surface area (Å²) in [4.78, 5) is 34.7. The first kappa shape index (κ1) is 16.8. The van der Waals surface area contributed by atoms with Crippen molar-refractivity contribution in [2.75, 3.05) is 0 Å². The number of amides is 1. The lowest BCUT2D eigenvalue weighted by Gasteiger charge is -2.21. The minimum atomic E-state index is -2.57. The maximum absolute atomic E-state index is 11.8. The fourth-order valence-corrected chi connectivity index (χ4v) is 1.53. The molecular formula is C16H21NO6. The molecule has 0 heterocycles. The Hall–Kier alpha value is -2.57. The van der Waals surface area contributed by atoms with Crippen molar-refractivity contribution in [3.63, 3.8) is 0 Å². The lowest BCUT2D eigenvalue weighted by molar-refractivity contribution is -0.150. The van der Waals surface area contributed by atoms with Gasteiger partial charge < -0.3 is 19.9 Å². The molecule has 1 unspecified atom stereocenters. The van der Waals surface area contributed by atoms with Gasteiger partial charge in [0.25, 0.3) is 0 Å². The topological polar surface area (TPSA) is 102 Å². The standard InChI is InChI=1S/C16H21NO6/c1-16(2,3)23-15(21)17-12(14(19)20)9-13(18)22-10-11-7-5-4-6-8-11/h4-8,12H,9-10H2,1-3H3,(H,17,21)(H,19,20)/i12D. The number of benzene rings is 1. The third-order valence-corrected chi connectivity index (χ3v) is 2.47. The molecule has 23 heavy (non-hydrogen) atoms. The number of nitrogens with one attached hydrogen (secondary N) is 1. The van der Waals surface area contributed by atoms with E-state index in [4.69, 9.17) is 16.0 Å². The van der Waals surface area contributed by atoms with Crippen LogP contribution in [0, 0.1) is 0 Å². The summed E-state index contributed by atoms with van der Waals surface area (Å²) >= 11 is 0. The summed E-state index contributed by atoms with van der Waals surface area (Å²) < 4.78 is 17.7. The summed E-state index contributed by atoms with van der Waals surface area (Å²) in [6.45, 7) is 4.72. The van der Waals surface area contributed by atoms with Crippen LogP contribution in [0.4, 0.5) is 4.79 Å². The molecule has 0 bridgehead atoms. The molecule has 0 saturated heterocycles. The van der Waals surface area contributed by atoms with Gasteiger partial charge in [-0.2, -0.15) is 0 Å². The van der Waals surface area contributed by atoms with Crippen molar-refractivity contribution < 1.29 is 30.3 Å². The molecular weight excluding hydrogens is 302 g/mol. The molecule has 0 fully saturated rings. The Morgan fingerprint density at radius 2 is 1.87 bits per heavy atom. The summed E-state index contributed by atoms with van der Waals surface area (Å²) in [6.07, 6.45) is -1.95. The fraction of sp³-hybridized carbons (Fsp3) is 0.438. The first-order valence-electron chi connectivity index (χ1n) is 7.46. The quantitative estimate of drug-likeness (QED) is 0.777. The number of ether oxygens (including phenoxy) is 2. The van der Waals surface area contributed by atoms with Crippen molar-refractivity contribution in [1.82, 2.24) is 5.32 Å². The number of carboxylic acid groups (broad SMARTS) is 1. The number of esters is 1. The van der Waals surface area contributed by atoms with E-state index in [9.17, 15) is 14.4 Å². The van der Waals surface area contributed by atoms with E-state index in [1.807, 2.05) is 5.32 Å². The van der Waals surface area contributed by atoms with Crippen molar-refractivity contribution >= 4 is 18.0 Å². The third-order valence-electron chi connectivity index (χ3n) is 2.47. The second kappa shape index (κ2) is 8.17.